The number of para-hydroxylation sites is 1. The van der Waals surface area contributed by atoms with E-state index < -0.39 is 0 Å². The smallest absolute Gasteiger partial charge is 0.134 e. The lowest BCUT2D eigenvalue weighted by molar-refractivity contribution is 0.265. The van der Waals surface area contributed by atoms with E-state index in [1.54, 1.807) is 6.26 Å². The third-order valence-electron chi connectivity index (χ3n) is 2.28. The van der Waals surface area contributed by atoms with Crippen molar-refractivity contribution in [1.82, 2.24) is 0 Å². The summed E-state index contributed by atoms with van der Waals surface area (Å²) in [4.78, 5) is 0. The van der Waals surface area contributed by atoms with Gasteiger partial charge in [0.25, 0.3) is 0 Å². The minimum atomic E-state index is -0.212. The molecule has 0 fully saturated rings. The van der Waals surface area contributed by atoms with Gasteiger partial charge in [0.1, 0.15) is 5.58 Å². The van der Waals surface area contributed by atoms with Crippen LogP contribution in [-0.2, 0) is 6.42 Å². The number of aliphatic hydroxyl groups is 1. The van der Waals surface area contributed by atoms with E-state index in [4.69, 9.17) is 15.3 Å². The van der Waals surface area contributed by atoms with Crippen LogP contribution in [0.3, 0.4) is 0 Å². The van der Waals surface area contributed by atoms with Crippen molar-refractivity contribution in [3.8, 4) is 0 Å². The molecule has 3 N–H and O–H groups in total. The number of hydrogen-bond acceptors (Lipinski definition) is 3. The maximum absolute atomic E-state index is 8.85. The zero-order valence-electron chi connectivity index (χ0n) is 7.81. The average Bonchev–Trinajstić information content (AvgIpc) is 2.62. The highest BCUT2D eigenvalue weighted by Crippen LogP contribution is 2.21. The molecule has 3 nitrogen and oxygen atoms in total. The van der Waals surface area contributed by atoms with Gasteiger partial charge in [-0.2, -0.15) is 0 Å². The number of furan rings is 1. The summed E-state index contributed by atoms with van der Waals surface area (Å²) in [5.41, 5.74) is 7.59. The SMILES string of the molecule is N[C@H](CO)Cc1coc2ccccc12. The summed E-state index contributed by atoms with van der Waals surface area (Å²) in [6.45, 7) is -0.000489. The molecule has 0 saturated heterocycles. The van der Waals surface area contributed by atoms with Crippen molar-refractivity contribution in [2.75, 3.05) is 6.61 Å². The maximum atomic E-state index is 8.85. The molecule has 14 heavy (non-hydrogen) atoms. The van der Waals surface area contributed by atoms with Crippen molar-refractivity contribution < 1.29 is 9.52 Å². The molecule has 3 heteroatoms. The number of aliphatic hydroxyl groups excluding tert-OH is 1. The summed E-state index contributed by atoms with van der Waals surface area (Å²) in [6.07, 6.45) is 2.35. The van der Waals surface area contributed by atoms with E-state index in [2.05, 4.69) is 0 Å². The van der Waals surface area contributed by atoms with E-state index in [1.165, 1.54) is 0 Å². The van der Waals surface area contributed by atoms with Gasteiger partial charge >= 0.3 is 0 Å². The van der Waals surface area contributed by atoms with E-state index in [9.17, 15) is 0 Å². The van der Waals surface area contributed by atoms with Gasteiger partial charge in [-0.1, -0.05) is 18.2 Å². The predicted octanol–water partition coefficient (Wildman–Crippen LogP) is 1.29. The van der Waals surface area contributed by atoms with E-state index in [1.807, 2.05) is 24.3 Å². The molecule has 0 spiro atoms. The number of hydrogen-bond donors (Lipinski definition) is 2. The normalized spacial score (nSPS) is 13.3. The van der Waals surface area contributed by atoms with Gasteiger partial charge in [-0.05, 0) is 18.1 Å². The summed E-state index contributed by atoms with van der Waals surface area (Å²) < 4.78 is 5.36. The largest absolute Gasteiger partial charge is 0.464 e. The fraction of sp³-hybridized carbons (Fsp3) is 0.273. The lowest BCUT2D eigenvalue weighted by atomic mass is 10.1. The highest BCUT2D eigenvalue weighted by Gasteiger charge is 2.08. The van der Waals surface area contributed by atoms with Gasteiger partial charge in [0, 0.05) is 11.4 Å². The Kier molecular flexibility index (Phi) is 2.52. The van der Waals surface area contributed by atoms with Gasteiger partial charge in [-0.3, -0.25) is 0 Å². The molecule has 0 amide bonds. The van der Waals surface area contributed by atoms with Crippen LogP contribution in [0, 0.1) is 0 Å². The Balaban J connectivity index is 2.33. The lowest BCUT2D eigenvalue weighted by Crippen LogP contribution is -2.26. The monoisotopic (exact) mass is 191 g/mol. The Bertz CT molecular complexity index is 422. The average molecular weight is 191 g/mol. The Morgan fingerprint density at radius 2 is 2.14 bits per heavy atom. The Hall–Kier alpha value is -1.32. The maximum Gasteiger partial charge on any atom is 0.134 e. The van der Waals surface area contributed by atoms with Gasteiger partial charge in [-0.15, -0.1) is 0 Å². The van der Waals surface area contributed by atoms with Crippen LogP contribution in [0.5, 0.6) is 0 Å². The Morgan fingerprint density at radius 1 is 1.36 bits per heavy atom. The van der Waals surface area contributed by atoms with Crippen LogP contribution in [0.25, 0.3) is 11.0 Å². The fourth-order valence-corrected chi connectivity index (χ4v) is 1.54. The first-order valence-electron chi connectivity index (χ1n) is 4.63. The molecule has 1 heterocycles. The van der Waals surface area contributed by atoms with Crippen LogP contribution >= 0.6 is 0 Å². The summed E-state index contributed by atoms with van der Waals surface area (Å²) in [7, 11) is 0. The van der Waals surface area contributed by atoms with E-state index >= 15 is 0 Å². The van der Waals surface area contributed by atoms with Gasteiger partial charge in [0.2, 0.25) is 0 Å². The molecule has 0 aliphatic rings. The van der Waals surface area contributed by atoms with Crippen molar-refractivity contribution in [3.63, 3.8) is 0 Å². The molecule has 1 aromatic heterocycles. The molecule has 0 unspecified atom stereocenters. The zero-order valence-corrected chi connectivity index (χ0v) is 7.81. The van der Waals surface area contributed by atoms with Crippen molar-refractivity contribution in [2.45, 2.75) is 12.5 Å². The molecule has 0 radical (unpaired) electrons. The highest BCUT2D eigenvalue weighted by molar-refractivity contribution is 5.80. The standard InChI is InChI=1S/C11H13NO2/c12-9(6-13)5-8-7-14-11-4-2-1-3-10(8)11/h1-4,7,9,13H,5-6,12H2/t9-/m0/s1. The molecule has 0 aliphatic carbocycles. The molecule has 74 valence electrons. The molecule has 0 bridgehead atoms. The molecule has 0 aliphatic heterocycles. The van der Waals surface area contributed by atoms with Gasteiger partial charge in [-0.25, -0.2) is 0 Å². The number of fused-ring (bicyclic) bond motifs is 1. The second-order valence-electron chi connectivity index (χ2n) is 3.40. The van der Waals surface area contributed by atoms with Crippen LogP contribution in [-0.4, -0.2) is 17.8 Å². The Morgan fingerprint density at radius 3 is 2.93 bits per heavy atom. The van der Waals surface area contributed by atoms with Crippen LogP contribution in [0.15, 0.2) is 34.9 Å². The summed E-state index contributed by atoms with van der Waals surface area (Å²) in [5.74, 6) is 0. The number of benzene rings is 1. The highest BCUT2D eigenvalue weighted by atomic mass is 16.3. The van der Waals surface area contributed by atoms with Crippen LogP contribution in [0.4, 0.5) is 0 Å². The quantitative estimate of drug-likeness (QED) is 0.768. The van der Waals surface area contributed by atoms with Crippen LogP contribution in [0.1, 0.15) is 5.56 Å². The first-order valence-corrected chi connectivity index (χ1v) is 4.63. The third-order valence-corrected chi connectivity index (χ3v) is 2.28. The number of rotatable bonds is 3. The summed E-state index contributed by atoms with van der Waals surface area (Å²) >= 11 is 0. The Labute approximate surface area is 82.1 Å². The molecule has 2 rings (SSSR count). The molecular weight excluding hydrogens is 178 g/mol. The summed E-state index contributed by atoms with van der Waals surface area (Å²) in [5, 5.41) is 9.93. The van der Waals surface area contributed by atoms with Gasteiger partial charge in [0.05, 0.1) is 12.9 Å². The van der Waals surface area contributed by atoms with Crippen molar-refractivity contribution in [3.05, 3.63) is 36.1 Å². The predicted molar refractivity (Wildman–Crippen MR) is 55.0 cm³/mol. The third kappa shape index (κ3) is 1.64. The first kappa shape index (κ1) is 9.24. The van der Waals surface area contributed by atoms with Crippen molar-refractivity contribution in [1.29, 1.82) is 0 Å². The van der Waals surface area contributed by atoms with Crippen LogP contribution in [0.2, 0.25) is 0 Å². The molecular formula is C11H13NO2. The van der Waals surface area contributed by atoms with E-state index in [-0.39, 0.29) is 12.6 Å². The minimum absolute atomic E-state index is 0.000489. The molecule has 1 atom stereocenters. The van der Waals surface area contributed by atoms with Crippen LogP contribution < -0.4 is 5.73 Å². The second kappa shape index (κ2) is 3.82. The fourth-order valence-electron chi connectivity index (χ4n) is 1.54. The molecule has 2 aromatic rings. The van der Waals surface area contributed by atoms with Gasteiger partial charge in [0.15, 0.2) is 0 Å². The van der Waals surface area contributed by atoms with E-state index in [0.717, 1.165) is 16.5 Å². The molecule has 0 saturated carbocycles. The molecule has 1 aromatic carbocycles. The zero-order chi connectivity index (χ0) is 9.97. The van der Waals surface area contributed by atoms with Crippen molar-refractivity contribution in [2.24, 2.45) is 5.73 Å². The first-order chi connectivity index (χ1) is 6.81. The summed E-state index contributed by atoms with van der Waals surface area (Å²) in [6, 6.07) is 7.60. The lowest BCUT2D eigenvalue weighted by Gasteiger charge is -2.05. The van der Waals surface area contributed by atoms with Gasteiger partial charge < -0.3 is 15.3 Å². The van der Waals surface area contributed by atoms with E-state index in [0.29, 0.717) is 6.42 Å². The topological polar surface area (TPSA) is 59.4 Å². The number of nitrogens with two attached hydrogens (primary N) is 1. The van der Waals surface area contributed by atoms with Crippen molar-refractivity contribution >= 4 is 11.0 Å². The second-order valence-corrected chi connectivity index (χ2v) is 3.40. The minimum Gasteiger partial charge on any atom is -0.464 e.